The Hall–Kier alpha value is -2.17. The second-order valence-electron chi connectivity index (χ2n) is 5.03. The molecule has 1 aromatic heterocycles. The van der Waals surface area contributed by atoms with Gasteiger partial charge in [-0.1, -0.05) is 32.0 Å². The number of nitrogens with two attached hydrogens (primary N) is 1. The van der Waals surface area contributed by atoms with Crippen LogP contribution in [0.4, 0.5) is 5.95 Å². The molecule has 0 aliphatic heterocycles. The predicted octanol–water partition coefficient (Wildman–Crippen LogP) is 1.94. The van der Waals surface area contributed by atoms with Crippen molar-refractivity contribution in [3.8, 4) is 0 Å². The van der Waals surface area contributed by atoms with Crippen LogP contribution in [0, 0.1) is 5.92 Å². The summed E-state index contributed by atoms with van der Waals surface area (Å²) in [6.45, 7) is 4.81. The van der Waals surface area contributed by atoms with Gasteiger partial charge in [0.15, 0.2) is 0 Å². The van der Waals surface area contributed by atoms with Crippen LogP contribution in [0.3, 0.4) is 0 Å². The average molecular weight is 258 g/mol. The van der Waals surface area contributed by atoms with Crippen LogP contribution in [0.2, 0.25) is 0 Å². The summed E-state index contributed by atoms with van der Waals surface area (Å²) in [7, 11) is 1.77. The lowest BCUT2D eigenvalue weighted by Crippen LogP contribution is -2.31. The smallest absolute Gasteiger partial charge is 0.273 e. The molecule has 0 aliphatic rings. The predicted molar refractivity (Wildman–Crippen MR) is 75.7 cm³/mol. The lowest BCUT2D eigenvalue weighted by molar-refractivity contribution is 0.0775. The van der Waals surface area contributed by atoms with Crippen molar-refractivity contribution in [1.82, 2.24) is 14.9 Å². The van der Waals surface area contributed by atoms with Crippen molar-refractivity contribution in [2.24, 2.45) is 5.92 Å². The summed E-state index contributed by atoms with van der Waals surface area (Å²) in [6.07, 6.45) is 0. The minimum Gasteiger partial charge on any atom is -0.368 e. The molecule has 0 bridgehead atoms. The van der Waals surface area contributed by atoms with E-state index in [4.69, 9.17) is 5.73 Å². The minimum absolute atomic E-state index is 0.125. The van der Waals surface area contributed by atoms with E-state index in [1.807, 2.05) is 24.3 Å². The van der Waals surface area contributed by atoms with Gasteiger partial charge in [0.05, 0.1) is 5.52 Å². The molecule has 1 heterocycles. The van der Waals surface area contributed by atoms with Crippen molar-refractivity contribution in [2.45, 2.75) is 13.8 Å². The van der Waals surface area contributed by atoms with Crippen LogP contribution in [0.1, 0.15) is 24.3 Å². The number of anilines is 1. The molecule has 0 aliphatic carbocycles. The number of amides is 1. The van der Waals surface area contributed by atoms with Gasteiger partial charge in [0.1, 0.15) is 5.69 Å². The molecular weight excluding hydrogens is 240 g/mol. The first-order valence-electron chi connectivity index (χ1n) is 6.26. The maximum absolute atomic E-state index is 12.4. The van der Waals surface area contributed by atoms with E-state index in [9.17, 15) is 4.79 Å². The van der Waals surface area contributed by atoms with Gasteiger partial charge in [-0.25, -0.2) is 9.97 Å². The van der Waals surface area contributed by atoms with Crippen molar-refractivity contribution in [2.75, 3.05) is 19.3 Å². The first kappa shape index (κ1) is 13.3. The molecule has 1 amide bonds. The number of benzene rings is 1. The van der Waals surface area contributed by atoms with Crippen molar-refractivity contribution in [3.05, 3.63) is 30.0 Å². The van der Waals surface area contributed by atoms with Gasteiger partial charge in [-0.3, -0.25) is 4.79 Å². The number of aromatic nitrogens is 2. The number of para-hydroxylation sites is 1. The molecule has 0 spiro atoms. The van der Waals surface area contributed by atoms with Crippen molar-refractivity contribution in [3.63, 3.8) is 0 Å². The summed E-state index contributed by atoms with van der Waals surface area (Å²) in [5.41, 5.74) is 6.73. The van der Waals surface area contributed by atoms with Crippen LogP contribution in [0.15, 0.2) is 24.3 Å². The number of fused-ring (bicyclic) bond motifs is 1. The molecule has 1 aromatic carbocycles. The van der Waals surface area contributed by atoms with E-state index in [-0.39, 0.29) is 11.9 Å². The van der Waals surface area contributed by atoms with Crippen LogP contribution < -0.4 is 5.73 Å². The van der Waals surface area contributed by atoms with Gasteiger partial charge in [-0.05, 0) is 12.0 Å². The van der Waals surface area contributed by atoms with Crippen LogP contribution in [0.25, 0.3) is 10.9 Å². The summed E-state index contributed by atoms with van der Waals surface area (Å²) < 4.78 is 0. The molecule has 0 saturated heterocycles. The maximum atomic E-state index is 12.4. The van der Waals surface area contributed by atoms with Crippen molar-refractivity contribution >= 4 is 22.8 Å². The Morgan fingerprint density at radius 2 is 2.00 bits per heavy atom. The number of rotatable bonds is 3. The molecule has 5 heteroatoms. The molecule has 19 heavy (non-hydrogen) atoms. The molecule has 2 N–H and O–H groups in total. The molecule has 0 fully saturated rings. The monoisotopic (exact) mass is 258 g/mol. The van der Waals surface area contributed by atoms with Crippen LogP contribution in [-0.4, -0.2) is 34.4 Å². The molecule has 5 nitrogen and oxygen atoms in total. The largest absolute Gasteiger partial charge is 0.368 e. The molecule has 0 atom stereocenters. The van der Waals surface area contributed by atoms with E-state index in [1.165, 1.54) is 0 Å². The van der Waals surface area contributed by atoms with Gasteiger partial charge in [0, 0.05) is 19.0 Å². The Morgan fingerprint density at radius 1 is 1.32 bits per heavy atom. The maximum Gasteiger partial charge on any atom is 0.273 e. The van der Waals surface area contributed by atoms with E-state index < -0.39 is 0 Å². The number of hydrogen-bond donors (Lipinski definition) is 1. The zero-order valence-corrected chi connectivity index (χ0v) is 11.4. The Bertz CT molecular complexity index is 609. The third-order valence-electron chi connectivity index (χ3n) is 2.81. The molecule has 0 unspecified atom stereocenters. The quantitative estimate of drug-likeness (QED) is 0.913. The highest BCUT2D eigenvalue weighted by molar-refractivity contribution is 6.04. The van der Waals surface area contributed by atoms with Gasteiger partial charge in [-0.15, -0.1) is 0 Å². The number of nitrogens with zero attached hydrogens (tertiary/aromatic N) is 3. The lowest BCUT2D eigenvalue weighted by atomic mass is 10.1. The molecule has 0 radical (unpaired) electrons. The SMILES string of the molecule is CC(C)CN(C)C(=O)c1nc(N)nc2ccccc12. The summed E-state index contributed by atoms with van der Waals surface area (Å²) >= 11 is 0. The zero-order valence-electron chi connectivity index (χ0n) is 11.4. The van der Waals surface area contributed by atoms with E-state index in [1.54, 1.807) is 11.9 Å². The molecule has 2 aromatic rings. The topological polar surface area (TPSA) is 72.1 Å². The van der Waals surface area contributed by atoms with Crippen molar-refractivity contribution in [1.29, 1.82) is 0 Å². The number of carbonyl (C=O) groups is 1. The van der Waals surface area contributed by atoms with Crippen LogP contribution in [-0.2, 0) is 0 Å². The third-order valence-corrected chi connectivity index (χ3v) is 2.81. The highest BCUT2D eigenvalue weighted by atomic mass is 16.2. The van der Waals surface area contributed by atoms with E-state index in [0.29, 0.717) is 23.7 Å². The van der Waals surface area contributed by atoms with Crippen LogP contribution >= 0.6 is 0 Å². The first-order valence-corrected chi connectivity index (χ1v) is 6.26. The summed E-state index contributed by atoms with van der Waals surface area (Å²) in [5, 5.41) is 0.734. The molecule has 2 rings (SSSR count). The highest BCUT2D eigenvalue weighted by Crippen LogP contribution is 2.18. The van der Waals surface area contributed by atoms with Gasteiger partial charge in [0.2, 0.25) is 5.95 Å². The number of hydrogen-bond acceptors (Lipinski definition) is 4. The molecule has 100 valence electrons. The van der Waals surface area contributed by atoms with Gasteiger partial charge >= 0.3 is 0 Å². The van der Waals surface area contributed by atoms with Crippen molar-refractivity contribution < 1.29 is 4.79 Å². The second kappa shape index (κ2) is 5.22. The number of carbonyl (C=O) groups excluding carboxylic acids is 1. The lowest BCUT2D eigenvalue weighted by Gasteiger charge is -2.19. The summed E-state index contributed by atoms with van der Waals surface area (Å²) in [5.74, 6) is 0.401. The number of nitrogen functional groups attached to an aromatic ring is 1. The van der Waals surface area contributed by atoms with Gasteiger partial charge in [-0.2, -0.15) is 0 Å². The van der Waals surface area contributed by atoms with Gasteiger partial charge in [0.25, 0.3) is 5.91 Å². The van der Waals surface area contributed by atoms with E-state index in [2.05, 4.69) is 23.8 Å². The van der Waals surface area contributed by atoms with Crippen LogP contribution in [0.5, 0.6) is 0 Å². The molecule has 0 saturated carbocycles. The van der Waals surface area contributed by atoms with Gasteiger partial charge < -0.3 is 10.6 Å². The first-order chi connectivity index (χ1) is 8.99. The Kier molecular flexibility index (Phi) is 3.64. The summed E-state index contributed by atoms with van der Waals surface area (Å²) in [4.78, 5) is 22.3. The summed E-state index contributed by atoms with van der Waals surface area (Å²) in [6, 6.07) is 7.39. The highest BCUT2D eigenvalue weighted by Gasteiger charge is 2.18. The fourth-order valence-corrected chi connectivity index (χ4v) is 2.07. The second-order valence-corrected chi connectivity index (χ2v) is 5.03. The molecular formula is C14H18N4O. The Balaban J connectivity index is 2.47. The normalized spacial score (nSPS) is 10.9. The standard InChI is InChI=1S/C14H18N4O/c1-9(2)8-18(3)13(19)12-10-6-4-5-7-11(10)16-14(15)17-12/h4-7,9H,8H2,1-3H3,(H2,15,16,17). The fourth-order valence-electron chi connectivity index (χ4n) is 2.07. The fraction of sp³-hybridized carbons (Fsp3) is 0.357. The Labute approximate surface area is 112 Å². The van der Waals surface area contributed by atoms with E-state index >= 15 is 0 Å². The third kappa shape index (κ3) is 2.81. The Morgan fingerprint density at radius 3 is 2.68 bits per heavy atom. The van der Waals surface area contributed by atoms with E-state index in [0.717, 1.165) is 5.39 Å². The minimum atomic E-state index is -0.126. The zero-order chi connectivity index (χ0) is 14.0. The average Bonchev–Trinajstić information content (AvgIpc) is 2.36.